The van der Waals surface area contributed by atoms with Crippen LogP contribution in [0.25, 0.3) is 10.9 Å². The topological polar surface area (TPSA) is 51.5 Å². The van der Waals surface area contributed by atoms with E-state index in [4.69, 9.17) is 4.74 Å². The molecule has 1 aliphatic heterocycles. The van der Waals surface area contributed by atoms with Gasteiger partial charge in [0.15, 0.2) is 5.78 Å². The highest BCUT2D eigenvalue weighted by Gasteiger charge is 2.20. The van der Waals surface area contributed by atoms with Gasteiger partial charge in [-0.3, -0.25) is 14.3 Å². The van der Waals surface area contributed by atoms with E-state index in [1.165, 1.54) is 10.1 Å². The SMILES string of the molecule is O=C(/C=C/C1CCN(Cc2ccccc2)CC1)c1cn(C(=O)OCc2ccccc2)c2ccccc12. The second-order valence-electron chi connectivity index (χ2n) is 9.29. The van der Waals surface area contributed by atoms with Crippen LogP contribution in [0.4, 0.5) is 4.79 Å². The van der Waals surface area contributed by atoms with Gasteiger partial charge in [-0.15, -0.1) is 0 Å². The average molecular weight is 479 g/mol. The van der Waals surface area contributed by atoms with Crippen molar-refractivity contribution in [1.82, 2.24) is 9.47 Å². The normalized spacial score (nSPS) is 14.9. The molecule has 0 atom stereocenters. The molecular weight excluding hydrogens is 448 g/mol. The third-order valence-electron chi connectivity index (χ3n) is 6.78. The number of likely N-dealkylation sites (tertiary alicyclic amines) is 1. The molecule has 1 fully saturated rings. The zero-order chi connectivity index (χ0) is 24.7. The first-order chi connectivity index (χ1) is 17.7. The minimum atomic E-state index is -0.496. The average Bonchev–Trinajstić information content (AvgIpc) is 3.32. The molecule has 5 heteroatoms. The lowest BCUT2D eigenvalue weighted by Gasteiger charge is -2.30. The number of nitrogens with zero attached hydrogens (tertiary/aromatic N) is 2. The first-order valence-corrected chi connectivity index (χ1v) is 12.5. The van der Waals surface area contributed by atoms with Crippen molar-refractivity contribution in [2.75, 3.05) is 13.1 Å². The largest absolute Gasteiger partial charge is 0.444 e. The van der Waals surface area contributed by atoms with Crippen molar-refractivity contribution in [3.63, 3.8) is 0 Å². The molecule has 0 aliphatic carbocycles. The zero-order valence-corrected chi connectivity index (χ0v) is 20.3. The summed E-state index contributed by atoms with van der Waals surface area (Å²) in [5, 5.41) is 0.751. The van der Waals surface area contributed by atoms with Crippen LogP contribution in [0, 0.1) is 5.92 Å². The predicted octanol–water partition coefficient (Wildman–Crippen LogP) is 6.48. The standard InChI is InChI=1S/C31H30N2O3/c34-30(16-15-24-17-19-32(20-18-24)21-25-9-3-1-4-10-25)28-22-33(29-14-8-7-13-27(28)29)31(35)36-23-26-11-5-2-6-12-26/h1-16,22,24H,17-21,23H2/b16-15+. The molecule has 36 heavy (non-hydrogen) atoms. The number of ether oxygens (including phenoxy) is 1. The predicted molar refractivity (Wildman–Crippen MR) is 142 cm³/mol. The molecule has 0 N–H and O–H groups in total. The molecule has 0 unspecified atom stereocenters. The molecule has 4 aromatic rings. The van der Waals surface area contributed by atoms with E-state index in [1.807, 2.05) is 66.7 Å². The van der Waals surface area contributed by atoms with Crippen LogP contribution in [-0.2, 0) is 17.9 Å². The van der Waals surface area contributed by atoms with E-state index in [9.17, 15) is 9.59 Å². The van der Waals surface area contributed by atoms with Crippen molar-refractivity contribution >= 4 is 22.8 Å². The number of aromatic nitrogens is 1. The summed E-state index contributed by atoms with van der Waals surface area (Å²) < 4.78 is 6.95. The van der Waals surface area contributed by atoms with Gasteiger partial charge in [-0.25, -0.2) is 4.79 Å². The van der Waals surface area contributed by atoms with E-state index >= 15 is 0 Å². The molecule has 5 rings (SSSR count). The Labute approximate surface area is 211 Å². The van der Waals surface area contributed by atoms with Crippen LogP contribution in [0.5, 0.6) is 0 Å². The van der Waals surface area contributed by atoms with Gasteiger partial charge in [0, 0.05) is 23.7 Å². The number of rotatable bonds is 7. The maximum Gasteiger partial charge on any atom is 0.418 e. The molecule has 3 aromatic carbocycles. The number of allylic oxidation sites excluding steroid dienone is 2. The second-order valence-corrected chi connectivity index (χ2v) is 9.29. The van der Waals surface area contributed by atoms with E-state index < -0.39 is 6.09 Å². The van der Waals surface area contributed by atoms with Gasteiger partial charge in [-0.1, -0.05) is 84.9 Å². The number of carbonyl (C=O) groups excluding carboxylic acids is 2. The molecule has 0 radical (unpaired) electrons. The first kappa shape index (κ1) is 23.8. The summed E-state index contributed by atoms with van der Waals surface area (Å²) in [6, 6.07) is 27.5. The number of para-hydroxylation sites is 1. The Hall–Kier alpha value is -3.96. The van der Waals surface area contributed by atoms with Crippen LogP contribution in [0.15, 0.2) is 103 Å². The number of hydrogen-bond donors (Lipinski definition) is 0. The van der Waals surface area contributed by atoms with Gasteiger partial charge in [0.05, 0.1) is 5.52 Å². The number of fused-ring (bicyclic) bond motifs is 1. The van der Waals surface area contributed by atoms with Crippen molar-refractivity contribution in [2.24, 2.45) is 5.92 Å². The Morgan fingerprint density at radius 3 is 2.19 bits per heavy atom. The second kappa shape index (κ2) is 11.2. The lowest BCUT2D eigenvalue weighted by atomic mass is 9.95. The van der Waals surface area contributed by atoms with Crippen LogP contribution in [0.2, 0.25) is 0 Å². The number of ketones is 1. The van der Waals surface area contributed by atoms with Crippen molar-refractivity contribution in [2.45, 2.75) is 26.0 Å². The summed E-state index contributed by atoms with van der Waals surface area (Å²) in [5.41, 5.74) is 3.43. The van der Waals surface area contributed by atoms with E-state index in [1.54, 1.807) is 12.3 Å². The Balaban J connectivity index is 1.23. The number of hydrogen-bond acceptors (Lipinski definition) is 4. The lowest BCUT2D eigenvalue weighted by molar-refractivity contribution is 0.104. The summed E-state index contributed by atoms with van der Waals surface area (Å²) in [4.78, 5) is 28.5. The van der Waals surface area contributed by atoms with Gasteiger partial charge in [0.25, 0.3) is 0 Å². The van der Waals surface area contributed by atoms with Crippen molar-refractivity contribution < 1.29 is 14.3 Å². The number of benzene rings is 3. The van der Waals surface area contributed by atoms with Gasteiger partial charge in [0.1, 0.15) is 6.61 Å². The molecule has 1 aromatic heterocycles. The molecule has 0 bridgehead atoms. The maximum absolute atomic E-state index is 13.2. The fourth-order valence-electron chi connectivity index (χ4n) is 4.77. The maximum atomic E-state index is 13.2. The molecule has 0 amide bonds. The molecule has 5 nitrogen and oxygen atoms in total. The summed E-state index contributed by atoms with van der Waals surface area (Å²) in [6.45, 7) is 3.18. The van der Waals surface area contributed by atoms with Crippen LogP contribution in [0.3, 0.4) is 0 Å². The Bertz CT molecular complexity index is 1350. The quantitative estimate of drug-likeness (QED) is 0.225. The van der Waals surface area contributed by atoms with Crippen molar-refractivity contribution in [1.29, 1.82) is 0 Å². The monoisotopic (exact) mass is 478 g/mol. The van der Waals surface area contributed by atoms with Gasteiger partial charge < -0.3 is 4.74 Å². The van der Waals surface area contributed by atoms with E-state index in [2.05, 4.69) is 29.2 Å². The lowest BCUT2D eigenvalue weighted by Crippen LogP contribution is -2.32. The number of piperidine rings is 1. The van der Waals surface area contributed by atoms with E-state index in [0.29, 0.717) is 17.0 Å². The summed E-state index contributed by atoms with van der Waals surface area (Å²) in [6.07, 6.45) is 6.89. The van der Waals surface area contributed by atoms with E-state index in [0.717, 1.165) is 43.4 Å². The third-order valence-corrected chi connectivity index (χ3v) is 6.78. The van der Waals surface area contributed by atoms with Crippen LogP contribution < -0.4 is 0 Å². The Kier molecular flexibility index (Phi) is 7.39. The van der Waals surface area contributed by atoms with Crippen molar-refractivity contribution in [3.05, 3.63) is 120 Å². The summed E-state index contributed by atoms with van der Waals surface area (Å²) >= 11 is 0. The van der Waals surface area contributed by atoms with Gasteiger partial charge in [-0.05, 0) is 55.1 Å². The fraction of sp³-hybridized carbons (Fsp3) is 0.226. The summed E-state index contributed by atoms with van der Waals surface area (Å²) in [7, 11) is 0. The highest BCUT2D eigenvalue weighted by Crippen LogP contribution is 2.24. The molecule has 0 spiro atoms. The molecule has 1 saturated heterocycles. The zero-order valence-electron chi connectivity index (χ0n) is 20.3. The molecule has 182 valence electrons. The highest BCUT2D eigenvalue weighted by atomic mass is 16.5. The molecule has 2 heterocycles. The molecular formula is C31H30N2O3. The first-order valence-electron chi connectivity index (χ1n) is 12.5. The Morgan fingerprint density at radius 2 is 1.47 bits per heavy atom. The van der Waals surface area contributed by atoms with Gasteiger partial charge in [-0.2, -0.15) is 0 Å². The third kappa shape index (κ3) is 5.64. The van der Waals surface area contributed by atoms with Crippen LogP contribution in [0.1, 0.15) is 34.3 Å². The van der Waals surface area contributed by atoms with Gasteiger partial charge >= 0.3 is 6.09 Å². The minimum absolute atomic E-state index is 0.0903. The smallest absolute Gasteiger partial charge is 0.418 e. The number of carbonyl (C=O) groups is 2. The van der Waals surface area contributed by atoms with Crippen LogP contribution >= 0.6 is 0 Å². The van der Waals surface area contributed by atoms with E-state index in [-0.39, 0.29) is 12.4 Å². The minimum Gasteiger partial charge on any atom is -0.444 e. The fourth-order valence-corrected chi connectivity index (χ4v) is 4.77. The van der Waals surface area contributed by atoms with Gasteiger partial charge in [0.2, 0.25) is 0 Å². The van der Waals surface area contributed by atoms with Crippen molar-refractivity contribution in [3.8, 4) is 0 Å². The highest BCUT2D eigenvalue weighted by molar-refractivity contribution is 6.14. The molecule has 0 saturated carbocycles. The molecule has 1 aliphatic rings. The van der Waals surface area contributed by atoms with Crippen LogP contribution in [-0.4, -0.2) is 34.4 Å². The summed E-state index contributed by atoms with van der Waals surface area (Å²) in [5.74, 6) is 0.290. The Morgan fingerprint density at radius 1 is 0.833 bits per heavy atom.